The Morgan fingerprint density at radius 1 is 1.20 bits per heavy atom. The van der Waals surface area contributed by atoms with Crippen molar-refractivity contribution in [2.75, 3.05) is 25.1 Å². The molecule has 0 fully saturated rings. The van der Waals surface area contributed by atoms with Crippen LogP contribution in [0.2, 0.25) is 0 Å². The minimum Gasteiger partial charge on any atom is -0.489 e. The first-order valence-corrected chi connectivity index (χ1v) is 12.1. The van der Waals surface area contributed by atoms with Gasteiger partial charge in [-0.2, -0.15) is 5.10 Å². The Morgan fingerprint density at radius 3 is 2.86 bits per heavy atom. The molecule has 2 aromatic heterocycles. The number of aryl methyl sites for hydroxylation is 1. The maximum absolute atomic E-state index is 14.1. The fourth-order valence-corrected chi connectivity index (χ4v) is 5.78. The van der Waals surface area contributed by atoms with Crippen LogP contribution in [0.1, 0.15) is 26.6 Å². The number of halogens is 1. The number of ether oxygens (including phenoxy) is 1. The number of aromatic nitrogens is 3. The molecule has 8 nitrogen and oxygen atoms in total. The normalized spacial score (nSPS) is 17.9. The number of carbonyl (C=O) groups is 2. The average Bonchev–Trinajstić information content (AvgIpc) is 3.40. The van der Waals surface area contributed by atoms with Crippen LogP contribution in [-0.4, -0.2) is 57.7 Å². The molecule has 10 heteroatoms. The molecule has 0 saturated heterocycles. The SMILES string of the molecule is Cc1nc2ccc3c(c2s1)N(C)C(=O)[C@@H](N1CCc2cn(Cc4ccccc4F)nc2C1=O)CO3. The van der Waals surface area contributed by atoms with Crippen molar-refractivity contribution >= 4 is 39.1 Å². The van der Waals surface area contributed by atoms with Gasteiger partial charge in [0.2, 0.25) is 0 Å². The summed E-state index contributed by atoms with van der Waals surface area (Å²) in [5.41, 5.74) is 3.08. The zero-order valence-corrected chi connectivity index (χ0v) is 20.0. The number of amides is 2. The molecule has 0 radical (unpaired) electrons. The zero-order chi connectivity index (χ0) is 24.3. The van der Waals surface area contributed by atoms with Crippen LogP contribution in [-0.2, 0) is 17.8 Å². The van der Waals surface area contributed by atoms with Gasteiger partial charge in [-0.3, -0.25) is 14.3 Å². The van der Waals surface area contributed by atoms with Gasteiger partial charge in [-0.1, -0.05) is 18.2 Å². The van der Waals surface area contributed by atoms with Crippen molar-refractivity contribution in [3.05, 3.63) is 70.2 Å². The number of anilines is 1. The van der Waals surface area contributed by atoms with Crippen LogP contribution in [0.3, 0.4) is 0 Å². The number of hydrogen-bond acceptors (Lipinski definition) is 6. The predicted octanol–water partition coefficient (Wildman–Crippen LogP) is 3.41. The van der Waals surface area contributed by atoms with Crippen LogP contribution in [0.5, 0.6) is 5.75 Å². The Hall–Kier alpha value is -3.79. The first-order chi connectivity index (χ1) is 16.9. The van der Waals surface area contributed by atoms with Gasteiger partial charge in [-0.15, -0.1) is 11.3 Å². The highest BCUT2D eigenvalue weighted by Crippen LogP contribution is 2.41. The van der Waals surface area contributed by atoms with Crippen molar-refractivity contribution in [3.63, 3.8) is 0 Å². The van der Waals surface area contributed by atoms with Crippen molar-refractivity contribution in [1.29, 1.82) is 0 Å². The second-order valence-corrected chi connectivity index (χ2v) is 9.96. The molecular weight excluding hydrogens is 469 g/mol. The molecule has 2 aliphatic heterocycles. The van der Waals surface area contributed by atoms with E-state index >= 15 is 0 Å². The van der Waals surface area contributed by atoms with Gasteiger partial charge in [0.05, 0.1) is 21.8 Å². The monoisotopic (exact) mass is 491 g/mol. The molecule has 4 heterocycles. The van der Waals surface area contributed by atoms with E-state index in [0.717, 1.165) is 20.8 Å². The topological polar surface area (TPSA) is 80.6 Å². The summed E-state index contributed by atoms with van der Waals surface area (Å²) < 4.78 is 22.6. The van der Waals surface area contributed by atoms with Gasteiger partial charge in [-0.25, -0.2) is 9.37 Å². The van der Waals surface area contributed by atoms with Gasteiger partial charge in [0.15, 0.2) is 5.69 Å². The lowest BCUT2D eigenvalue weighted by molar-refractivity contribution is -0.123. The Balaban J connectivity index is 1.28. The number of benzene rings is 2. The summed E-state index contributed by atoms with van der Waals surface area (Å²) in [5, 5.41) is 5.35. The summed E-state index contributed by atoms with van der Waals surface area (Å²) in [6.07, 6.45) is 2.34. The molecule has 0 aliphatic carbocycles. The van der Waals surface area contributed by atoms with Gasteiger partial charge in [0, 0.05) is 30.9 Å². The summed E-state index contributed by atoms with van der Waals surface area (Å²) >= 11 is 1.51. The number of nitrogens with zero attached hydrogens (tertiary/aromatic N) is 5. The van der Waals surface area contributed by atoms with Crippen molar-refractivity contribution in [1.82, 2.24) is 19.7 Å². The fraction of sp³-hybridized carbons (Fsp3) is 0.280. The van der Waals surface area contributed by atoms with Gasteiger partial charge < -0.3 is 14.5 Å². The van der Waals surface area contributed by atoms with E-state index in [1.54, 1.807) is 45.9 Å². The number of rotatable bonds is 3. The number of hydrogen-bond donors (Lipinski definition) is 0. The first kappa shape index (κ1) is 21.7. The zero-order valence-electron chi connectivity index (χ0n) is 19.2. The minimum absolute atomic E-state index is 0.0521. The molecule has 6 rings (SSSR count). The predicted molar refractivity (Wildman–Crippen MR) is 130 cm³/mol. The largest absolute Gasteiger partial charge is 0.489 e. The van der Waals surface area contributed by atoms with Crippen LogP contribution in [0.15, 0.2) is 42.6 Å². The molecule has 1 atom stereocenters. The molecule has 4 aromatic rings. The summed E-state index contributed by atoms with van der Waals surface area (Å²) in [5.74, 6) is -0.259. The highest BCUT2D eigenvalue weighted by Gasteiger charge is 2.40. The van der Waals surface area contributed by atoms with Gasteiger partial charge in [0.1, 0.15) is 29.9 Å². The van der Waals surface area contributed by atoms with Gasteiger partial charge >= 0.3 is 0 Å². The van der Waals surface area contributed by atoms with Crippen molar-refractivity contribution in [2.24, 2.45) is 0 Å². The number of thiazole rings is 1. The molecule has 2 aliphatic rings. The fourth-order valence-electron chi connectivity index (χ4n) is 4.79. The lowest BCUT2D eigenvalue weighted by atomic mass is 10.0. The highest BCUT2D eigenvalue weighted by atomic mass is 32.1. The third-order valence-corrected chi connectivity index (χ3v) is 7.53. The van der Waals surface area contributed by atoms with Crippen LogP contribution in [0, 0.1) is 12.7 Å². The average molecular weight is 492 g/mol. The van der Waals surface area contributed by atoms with Crippen LogP contribution < -0.4 is 9.64 Å². The Labute approximate surface area is 204 Å². The van der Waals surface area contributed by atoms with E-state index in [9.17, 15) is 14.0 Å². The molecule has 35 heavy (non-hydrogen) atoms. The van der Waals surface area contributed by atoms with E-state index in [1.807, 2.05) is 19.1 Å². The Morgan fingerprint density at radius 2 is 2.03 bits per heavy atom. The molecule has 0 spiro atoms. The van der Waals surface area contributed by atoms with Crippen molar-refractivity contribution < 1.29 is 18.7 Å². The maximum Gasteiger partial charge on any atom is 0.275 e. The van der Waals surface area contributed by atoms with E-state index in [4.69, 9.17) is 4.74 Å². The number of fused-ring (bicyclic) bond motifs is 4. The van der Waals surface area contributed by atoms with Crippen LogP contribution in [0.25, 0.3) is 10.2 Å². The van der Waals surface area contributed by atoms with Crippen molar-refractivity contribution in [2.45, 2.75) is 25.9 Å². The maximum atomic E-state index is 14.1. The standard InChI is InChI=1S/C25H22FN5O3S/c1-14-27-18-7-8-20-22(23(18)35-14)29(2)24(32)19(13-34-20)31-10-9-16-12-30(28-21(16)25(31)33)11-15-5-3-4-6-17(15)26/h3-8,12,19H,9-11,13H2,1-2H3/t19-/m0/s1. The molecule has 0 saturated carbocycles. The van der Waals surface area contributed by atoms with E-state index in [-0.39, 0.29) is 30.8 Å². The molecule has 2 aromatic carbocycles. The summed E-state index contributed by atoms with van der Waals surface area (Å²) in [6.45, 7) is 2.57. The van der Waals surface area contributed by atoms with Crippen LogP contribution in [0.4, 0.5) is 10.1 Å². The summed E-state index contributed by atoms with van der Waals surface area (Å²) in [4.78, 5) is 34.7. The molecule has 178 valence electrons. The number of likely N-dealkylation sites (N-methyl/N-ethyl adjacent to an activating group) is 1. The summed E-state index contributed by atoms with van der Waals surface area (Å²) in [6, 6.07) is 9.42. The quantitative estimate of drug-likeness (QED) is 0.439. The second-order valence-electron chi connectivity index (χ2n) is 8.76. The smallest absolute Gasteiger partial charge is 0.275 e. The third kappa shape index (κ3) is 3.56. The van der Waals surface area contributed by atoms with Crippen LogP contribution >= 0.6 is 11.3 Å². The number of carbonyl (C=O) groups excluding carboxylic acids is 2. The highest BCUT2D eigenvalue weighted by molar-refractivity contribution is 7.19. The minimum atomic E-state index is -0.783. The van der Waals surface area contributed by atoms with Gasteiger partial charge in [-0.05, 0) is 31.5 Å². The lowest BCUT2D eigenvalue weighted by Gasteiger charge is -2.33. The lowest BCUT2D eigenvalue weighted by Crippen LogP contribution is -2.54. The van der Waals surface area contributed by atoms with Gasteiger partial charge in [0.25, 0.3) is 11.8 Å². The first-order valence-electron chi connectivity index (χ1n) is 11.3. The van der Waals surface area contributed by atoms with E-state index in [0.29, 0.717) is 35.7 Å². The van der Waals surface area contributed by atoms with E-state index < -0.39 is 6.04 Å². The third-order valence-electron chi connectivity index (χ3n) is 6.54. The molecule has 0 bridgehead atoms. The molecule has 0 N–H and O–H groups in total. The van der Waals surface area contributed by atoms with E-state index in [2.05, 4.69) is 10.1 Å². The van der Waals surface area contributed by atoms with Crippen molar-refractivity contribution in [3.8, 4) is 5.75 Å². The van der Waals surface area contributed by atoms with E-state index in [1.165, 1.54) is 17.4 Å². The Kier molecular flexibility index (Phi) is 5.06. The molecular formula is C25H22FN5O3S. The second kappa shape index (κ2) is 8.16. The molecule has 2 amide bonds. The molecule has 0 unspecified atom stereocenters. The summed E-state index contributed by atoms with van der Waals surface area (Å²) in [7, 11) is 1.71. The Bertz CT molecular complexity index is 1500.